The molecular weight excluding hydrogens is 184 g/mol. The standard InChI is InChI=1S/C13H26N2/c1-4-12-9-14-11(2)10-15(12)13(3)7-5-6-8-13/h11-12,14H,4-10H2,1-3H3. The van der Waals surface area contributed by atoms with Crippen molar-refractivity contribution in [2.24, 2.45) is 0 Å². The minimum absolute atomic E-state index is 0.511. The van der Waals surface area contributed by atoms with Gasteiger partial charge in [-0.2, -0.15) is 0 Å². The summed E-state index contributed by atoms with van der Waals surface area (Å²) in [6, 6.07) is 1.44. The summed E-state index contributed by atoms with van der Waals surface area (Å²) in [7, 11) is 0. The summed E-state index contributed by atoms with van der Waals surface area (Å²) in [6.07, 6.45) is 6.98. The van der Waals surface area contributed by atoms with Crippen LogP contribution in [0.4, 0.5) is 0 Å². The van der Waals surface area contributed by atoms with E-state index in [9.17, 15) is 0 Å². The van der Waals surface area contributed by atoms with Gasteiger partial charge in [0.2, 0.25) is 0 Å². The van der Waals surface area contributed by atoms with Crippen molar-refractivity contribution >= 4 is 0 Å². The van der Waals surface area contributed by atoms with Gasteiger partial charge in [-0.25, -0.2) is 0 Å². The molecule has 2 fully saturated rings. The molecule has 0 bridgehead atoms. The van der Waals surface area contributed by atoms with E-state index in [-0.39, 0.29) is 0 Å². The summed E-state index contributed by atoms with van der Waals surface area (Å²) in [5.41, 5.74) is 0.511. The van der Waals surface area contributed by atoms with Gasteiger partial charge < -0.3 is 5.32 Å². The van der Waals surface area contributed by atoms with Crippen LogP contribution in [-0.2, 0) is 0 Å². The lowest BCUT2D eigenvalue weighted by Crippen LogP contribution is -2.62. The van der Waals surface area contributed by atoms with Gasteiger partial charge in [0.15, 0.2) is 0 Å². The number of hydrogen-bond acceptors (Lipinski definition) is 2. The van der Waals surface area contributed by atoms with E-state index >= 15 is 0 Å². The molecule has 15 heavy (non-hydrogen) atoms. The van der Waals surface area contributed by atoms with Crippen LogP contribution in [0.3, 0.4) is 0 Å². The highest BCUT2D eigenvalue weighted by molar-refractivity contribution is 4.97. The maximum Gasteiger partial charge on any atom is 0.0224 e. The Hall–Kier alpha value is -0.0800. The van der Waals surface area contributed by atoms with Gasteiger partial charge >= 0.3 is 0 Å². The number of piperazine rings is 1. The second-order valence-corrected chi connectivity index (χ2v) is 5.73. The Kier molecular flexibility index (Phi) is 3.36. The summed E-state index contributed by atoms with van der Waals surface area (Å²) >= 11 is 0. The van der Waals surface area contributed by atoms with Crippen molar-refractivity contribution in [3.63, 3.8) is 0 Å². The van der Waals surface area contributed by atoms with Crippen LogP contribution in [0.25, 0.3) is 0 Å². The zero-order valence-corrected chi connectivity index (χ0v) is 10.6. The van der Waals surface area contributed by atoms with E-state index in [4.69, 9.17) is 0 Å². The third-order valence-electron chi connectivity index (χ3n) is 4.46. The van der Waals surface area contributed by atoms with Crippen molar-refractivity contribution in [3.8, 4) is 0 Å². The summed E-state index contributed by atoms with van der Waals surface area (Å²) in [4.78, 5) is 2.81. The molecule has 2 unspecified atom stereocenters. The van der Waals surface area contributed by atoms with Crippen LogP contribution in [0, 0.1) is 0 Å². The first-order valence-electron chi connectivity index (χ1n) is 6.66. The van der Waals surface area contributed by atoms with Crippen LogP contribution in [-0.4, -0.2) is 35.6 Å². The molecule has 88 valence electrons. The number of hydrogen-bond donors (Lipinski definition) is 1. The van der Waals surface area contributed by atoms with E-state index in [1.165, 1.54) is 45.2 Å². The highest BCUT2D eigenvalue weighted by Gasteiger charge is 2.40. The van der Waals surface area contributed by atoms with Crippen LogP contribution in [0.5, 0.6) is 0 Å². The third-order valence-corrected chi connectivity index (χ3v) is 4.46. The van der Waals surface area contributed by atoms with Gasteiger partial charge in [-0.3, -0.25) is 4.90 Å². The molecule has 2 heteroatoms. The van der Waals surface area contributed by atoms with Crippen LogP contribution < -0.4 is 5.32 Å². The summed E-state index contributed by atoms with van der Waals surface area (Å²) in [6.45, 7) is 9.56. The predicted octanol–water partition coefficient (Wildman–Crippen LogP) is 2.39. The molecule has 0 radical (unpaired) electrons. The Morgan fingerprint density at radius 2 is 2.00 bits per heavy atom. The Bertz CT molecular complexity index is 209. The predicted molar refractivity (Wildman–Crippen MR) is 65.1 cm³/mol. The van der Waals surface area contributed by atoms with Crippen molar-refractivity contribution in [2.45, 2.75) is 70.5 Å². The Morgan fingerprint density at radius 1 is 1.33 bits per heavy atom. The first kappa shape index (κ1) is 11.4. The first-order chi connectivity index (χ1) is 7.15. The van der Waals surface area contributed by atoms with Crippen molar-refractivity contribution in [1.82, 2.24) is 10.2 Å². The molecule has 0 amide bonds. The molecular formula is C13H26N2. The van der Waals surface area contributed by atoms with Gasteiger partial charge in [-0.15, -0.1) is 0 Å². The zero-order chi connectivity index (χ0) is 10.9. The van der Waals surface area contributed by atoms with E-state index in [1.807, 2.05) is 0 Å². The third kappa shape index (κ3) is 2.21. The van der Waals surface area contributed by atoms with E-state index in [2.05, 4.69) is 31.0 Å². The molecule has 1 N–H and O–H groups in total. The fraction of sp³-hybridized carbons (Fsp3) is 1.00. The number of rotatable bonds is 2. The lowest BCUT2D eigenvalue weighted by atomic mass is 9.92. The Labute approximate surface area is 94.4 Å². The second-order valence-electron chi connectivity index (χ2n) is 5.73. The number of nitrogens with zero attached hydrogens (tertiary/aromatic N) is 1. The maximum absolute atomic E-state index is 3.61. The minimum atomic E-state index is 0.511. The van der Waals surface area contributed by atoms with Gasteiger partial charge in [0, 0.05) is 30.7 Å². The first-order valence-corrected chi connectivity index (χ1v) is 6.66. The smallest absolute Gasteiger partial charge is 0.0224 e. The quantitative estimate of drug-likeness (QED) is 0.753. The van der Waals surface area contributed by atoms with Crippen molar-refractivity contribution in [2.75, 3.05) is 13.1 Å². The lowest BCUT2D eigenvalue weighted by molar-refractivity contribution is 0.0245. The largest absolute Gasteiger partial charge is 0.311 e. The van der Waals surface area contributed by atoms with Gasteiger partial charge in [0.1, 0.15) is 0 Å². The monoisotopic (exact) mass is 210 g/mol. The zero-order valence-electron chi connectivity index (χ0n) is 10.6. The van der Waals surface area contributed by atoms with Crippen LogP contribution in [0.2, 0.25) is 0 Å². The van der Waals surface area contributed by atoms with E-state index in [0.29, 0.717) is 11.6 Å². The van der Waals surface area contributed by atoms with E-state index in [0.717, 1.165) is 6.04 Å². The highest BCUT2D eigenvalue weighted by Crippen LogP contribution is 2.37. The fourth-order valence-corrected chi connectivity index (χ4v) is 3.41. The summed E-state index contributed by atoms with van der Waals surface area (Å²) in [5.74, 6) is 0. The SMILES string of the molecule is CCC1CNC(C)CN1C1(C)CCCC1. The molecule has 1 heterocycles. The van der Waals surface area contributed by atoms with Crippen molar-refractivity contribution < 1.29 is 0 Å². The van der Waals surface area contributed by atoms with Gasteiger partial charge in [-0.05, 0) is 33.1 Å². The molecule has 2 rings (SSSR count). The molecule has 0 aromatic heterocycles. The fourth-order valence-electron chi connectivity index (χ4n) is 3.41. The van der Waals surface area contributed by atoms with Crippen LogP contribution >= 0.6 is 0 Å². The molecule has 2 nitrogen and oxygen atoms in total. The summed E-state index contributed by atoms with van der Waals surface area (Å²) in [5, 5.41) is 3.61. The molecule has 0 spiro atoms. The normalized spacial score (nSPS) is 37.0. The maximum atomic E-state index is 3.61. The van der Waals surface area contributed by atoms with Crippen LogP contribution in [0.1, 0.15) is 52.9 Å². The lowest BCUT2D eigenvalue weighted by Gasteiger charge is -2.48. The molecule has 1 aliphatic carbocycles. The molecule has 1 saturated carbocycles. The van der Waals surface area contributed by atoms with E-state index in [1.54, 1.807) is 0 Å². The van der Waals surface area contributed by atoms with Gasteiger partial charge in [0.25, 0.3) is 0 Å². The molecule has 1 aliphatic heterocycles. The topological polar surface area (TPSA) is 15.3 Å². The summed E-state index contributed by atoms with van der Waals surface area (Å²) < 4.78 is 0. The van der Waals surface area contributed by atoms with E-state index < -0.39 is 0 Å². The van der Waals surface area contributed by atoms with Gasteiger partial charge in [-0.1, -0.05) is 19.8 Å². The molecule has 0 aromatic rings. The highest BCUT2D eigenvalue weighted by atomic mass is 15.3. The minimum Gasteiger partial charge on any atom is -0.311 e. The molecule has 2 aliphatic rings. The molecule has 1 saturated heterocycles. The average Bonchev–Trinajstić information content (AvgIpc) is 2.66. The molecule has 0 aromatic carbocycles. The van der Waals surface area contributed by atoms with Crippen LogP contribution in [0.15, 0.2) is 0 Å². The average molecular weight is 210 g/mol. The van der Waals surface area contributed by atoms with Crippen molar-refractivity contribution in [1.29, 1.82) is 0 Å². The van der Waals surface area contributed by atoms with Crippen molar-refractivity contribution in [3.05, 3.63) is 0 Å². The number of nitrogens with one attached hydrogen (secondary N) is 1. The second kappa shape index (κ2) is 4.42. The molecule has 2 atom stereocenters. The van der Waals surface area contributed by atoms with Gasteiger partial charge in [0.05, 0.1) is 0 Å². The Morgan fingerprint density at radius 3 is 2.60 bits per heavy atom. The Balaban J connectivity index is 2.08.